The molecule has 3 rings (SSSR count). The minimum absolute atomic E-state index is 0.459. The number of piperidine rings is 1. The number of nitrogens with one attached hydrogen (secondary N) is 1. The Bertz CT molecular complexity index is 384. The molecule has 1 saturated heterocycles. The third-order valence-corrected chi connectivity index (χ3v) is 3.73. The maximum absolute atomic E-state index is 9.83. The van der Waals surface area contributed by atoms with Gasteiger partial charge < -0.3 is 10.4 Å². The van der Waals surface area contributed by atoms with Crippen molar-refractivity contribution in [2.75, 3.05) is 6.54 Å². The predicted molar refractivity (Wildman–Crippen MR) is 63.6 cm³/mol. The van der Waals surface area contributed by atoms with Crippen molar-refractivity contribution in [3.8, 4) is 0 Å². The molecule has 0 aromatic carbocycles. The van der Waals surface area contributed by atoms with Crippen LogP contribution in [0.2, 0.25) is 0 Å². The molecule has 1 aromatic rings. The van der Waals surface area contributed by atoms with Gasteiger partial charge in [-0.25, -0.2) is 9.67 Å². The summed E-state index contributed by atoms with van der Waals surface area (Å²) in [6.45, 7) is 1.11. The van der Waals surface area contributed by atoms with Gasteiger partial charge in [0.05, 0.1) is 0 Å². The summed E-state index contributed by atoms with van der Waals surface area (Å²) < 4.78 is 1.71. The van der Waals surface area contributed by atoms with Crippen molar-refractivity contribution >= 4 is 0 Å². The molecule has 2 N–H and O–H groups in total. The molecule has 2 aliphatic heterocycles. The second-order valence-corrected chi connectivity index (χ2v) is 5.11. The summed E-state index contributed by atoms with van der Waals surface area (Å²) in [5.74, 6) is 1.84. The number of aliphatic hydroxyl groups is 1. The van der Waals surface area contributed by atoms with Crippen LogP contribution in [0, 0.1) is 0 Å². The summed E-state index contributed by atoms with van der Waals surface area (Å²) in [4.78, 5) is 4.55. The lowest BCUT2D eigenvalue weighted by Gasteiger charge is -2.22. The van der Waals surface area contributed by atoms with E-state index in [1.807, 2.05) is 0 Å². The number of nitrogens with zero attached hydrogens (tertiary/aromatic N) is 3. The number of fused-ring (bicyclic) bond motifs is 1. The molecule has 2 aliphatic rings. The largest absolute Gasteiger partial charge is 0.372 e. The first-order valence-electron chi connectivity index (χ1n) is 6.68. The van der Waals surface area contributed by atoms with Crippen LogP contribution < -0.4 is 5.32 Å². The molecular weight excluding hydrogens is 216 g/mol. The number of hydrogen-bond acceptors (Lipinski definition) is 4. The molecule has 0 radical (unpaired) electrons. The van der Waals surface area contributed by atoms with Crippen LogP contribution in [0.3, 0.4) is 0 Å². The number of rotatable bonds is 2. The van der Waals surface area contributed by atoms with Crippen molar-refractivity contribution in [2.45, 2.75) is 57.2 Å². The lowest BCUT2D eigenvalue weighted by atomic mass is 10.0. The molecule has 2 atom stereocenters. The summed E-state index contributed by atoms with van der Waals surface area (Å²) in [5.41, 5.74) is 0. The highest BCUT2D eigenvalue weighted by Crippen LogP contribution is 2.21. The molecule has 0 saturated carbocycles. The van der Waals surface area contributed by atoms with Gasteiger partial charge in [0.2, 0.25) is 0 Å². The summed E-state index contributed by atoms with van der Waals surface area (Å²) in [5, 5.41) is 17.8. The second kappa shape index (κ2) is 4.74. The number of hydrogen-bond donors (Lipinski definition) is 2. The molecule has 17 heavy (non-hydrogen) atoms. The highest BCUT2D eigenvalue weighted by molar-refractivity contribution is 4.99. The quantitative estimate of drug-likeness (QED) is 0.797. The van der Waals surface area contributed by atoms with E-state index in [0.29, 0.717) is 6.04 Å². The van der Waals surface area contributed by atoms with Crippen LogP contribution in [0.1, 0.15) is 50.0 Å². The average molecular weight is 236 g/mol. The second-order valence-electron chi connectivity index (χ2n) is 5.11. The van der Waals surface area contributed by atoms with Crippen molar-refractivity contribution in [2.24, 2.45) is 0 Å². The molecule has 0 spiro atoms. The van der Waals surface area contributed by atoms with Gasteiger partial charge in [0.25, 0.3) is 0 Å². The van der Waals surface area contributed by atoms with Gasteiger partial charge in [-0.05, 0) is 32.2 Å². The Hall–Kier alpha value is -0.940. The molecule has 3 heterocycles. The maximum atomic E-state index is 9.83. The van der Waals surface area contributed by atoms with E-state index in [9.17, 15) is 5.11 Å². The molecule has 5 nitrogen and oxygen atoms in total. The number of aromatic nitrogens is 3. The van der Waals surface area contributed by atoms with Crippen LogP contribution >= 0.6 is 0 Å². The zero-order chi connectivity index (χ0) is 11.7. The summed E-state index contributed by atoms with van der Waals surface area (Å²) in [7, 11) is 0. The van der Waals surface area contributed by atoms with E-state index in [0.717, 1.165) is 43.9 Å². The SMILES string of the molecule is OC1CCCc2nc(CC3CCCCN3)nn21. The fourth-order valence-electron chi connectivity index (χ4n) is 2.78. The molecule has 1 aromatic heterocycles. The number of aliphatic hydroxyl groups excluding tert-OH is 1. The Morgan fingerprint density at radius 2 is 2.24 bits per heavy atom. The monoisotopic (exact) mass is 236 g/mol. The van der Waals surface area contributed by atoms with Gasteiger partial charge in [-0.1, -0.05) is 6.42 Å². The first kappa shape index (κ1) is 11.2. The third kappa shape index (κ3) is 2.35. The van der Waals surface area contributed by atoms with E-state index in [4.69, 9.17) is 0 Å². The van der Waals surface area contributed by atoms with E-state index in [-0.39, 0.29) is 0 Å². The highest BCUT2D eigenvalue weighted by atomic mass is 16.3. The van der Waals surface area contributed by atoms with Crippen LogP contribution in [0.15, 0.2) is 0 Å². The lowest BCUT2D eigenvalue weighted by Crippen LogP contribution is -2.35. The average Bonchev–Trinajstić information content (AvgIpc) is 2.74. The van der Waals surface area contributed by atoms with Crippen LogP contribution in [-0.4, -0.2) is 32.5 Å². The van der Waals surface area contributed by atoms with Crippen LogP contribution in [0.4, 0.5) is 0 Å². The van der Waals surface area contributed by atoms with Gasteiger partial charge in [-0.2, -0.15) is 5.10 Å². The van der Waals surface area contributed by atoms with Crippen molar-refractivity contribution in [1.82, 2.24) is 20.1 Å². The normalized spacial score (nSPS) is 29.0. The highest BCUT2D eigenvalue weighted by Gasteiger charge is 2.22. The van der Waals surface area contributed by atoms with E-state index >= 15 is 0 Å². The Kier molecular flexibility index (Phi) is 3.11. The van der Waals surface area contributed by atoms with E-state index < -0.39 is 6.23 Å². The van der Waals surface area contributed by atoms with Crippen molar-refractivity contribution in [3.05, 3.63) is 11.6 Å². The Morgan fingerprint density at radius 3 is 3.00 bits per heavy atom. The van der Waals surface area contributed by atoms with Gasteiger partial charge in [-0.3, -0.25) is 0 Å². The minimum Gasteiger partial charge on any atom is -0.372 e. The molecule has 0 amide bonds. The summed E-state index contributed by atoms with van der Waals surface area (Å²) >= 11 is 0. The van der Waals surface area contributed by atoms with E-state index in [1.165, 1.54) is 19.3 Å². The first-order chi connectivity index (χ1) is 8.33. The topological polar surface area (TPSA) is 63.0 Å². The molecule has 5 heteroatoms. The van der Waals surface area contributed by atoms with Crippen LogP contribution in [-0.2, 0) is 12.8 Å². The Morgan fingerprint density at radius 1 is 1.29 bits per heavy atom. The standard InChI is InChI=1S/C12H20N4O/c17-12-6-3-5-11-14-10(15-16(11)12)8-9-4-1-2-7-13-9/h9,12-13,17H,1-8H2. The van der Waals surface area contributed by atoms with Gasteiger partial charge in [-0.15, -0.1) is 0 Å². The van der Waals surface area contributed by atoms with Gasteiger partial charge in [0.15, 0.2) is 5.82 Å². The summed E-state index contributed by atoms with van der Waals surface area (Å²) in [6.07, 6.45) is 7.00. The van der Waals surface area contributed by atoms with Crippen molar-refractivity contribution in [3.63, 3.8) is 0 Å². The van der Waals surface area contributed by atoms with E-state index in [1.54, 1.807) is 4.68 Å². The van der Waals surface area contributed by atoms with Gasteiger partial charge in [0.1, 0.15) is 12.1 Å². The summed E-state index contributed by atoms with van der Waals surface area (Å²) in [6, 6.07) is 0.519. The first-order valence-corrected chi connectivity index (χ1v) is 6.68. The van der Waals surface area contributed by atoms with Crippen LogP contribution in [0.5, 0.6) is 0 Å². The molecule has 94 valence electrons. The minimum atomic E-state index is -0.459. The smallest absolute Gasteiger partial charge is 0.152 e. The van der Waals surface area contributed by atoms with Crippen molar-refractivity contribution < 1.29 is 5.11 Å². The molecule has 1 fully saturated rings. The Labute approximate surface area is 101 Å². The van der Waals surface area contributed by atoms with E-state index in [2.05, 4.69) is 15.4 Å². The third-order valence-electron chi connectivity index (χ3n) is 3.73. The lowest BCUT2D eigenvalue weighted by molar-refractivity contribution is 0.0643. The fourth-order valence-corrected chi connectivity index (χ4v) is 2.78. The molecule has 0 aliphatic carbocycles. The predicted octanol–water partition coefficient (Wildman–Crippen LogP) is 0.790. The zero-order valence-electron chi connectivity index (χ0n) is 10.1. The number of aryl methyl sites for hydroxylation is 1. The van der Waals surface area contributed by atoms with Crippen molar-refractivity contribution in [1.29, 1.82) is 0 Å². The fraction of sp³-hybridized carbons (Fsp3) is 0.833. The molecular formula is C12H20N4O. The van der Waals surface area contributed by atoms with Gasteiger partial charge >= 0.3 is 0 Å². The maximum Gasteiger partial charge on any atom is 0.152 e. The van der Waals surface area contributed by atoms with Gasteiger partial charge in [0, 0.05) is 18.9 Å². The Balaban J connectivity index is 1.71. The van der Waals surface area contributed by atoms with Crippen LogP contribution in [0.25, 0.3) is 0 Å². The molecule has 0 bridgehead atoms. The molecule has 2 unspecified atom stereocenters. The zero-order valence-corrected chi connectivity index (χ0v) is 10.1.